The van der Waals surface area contributed by atoms with Crippen molar-refractivity contribution in [3.05, 3.63) is 60.4 Å². The van der Waals surface area contributed by atoms with Crippen molar-refractivity contribution in [2.24, 2.45) is 11.7 Å². The van der Waals surface area contributed by atoms with Crippen molar-refractivity contribution in [3.8, 4) is 0 Å². The summed E-state index contributed by atoms with van der Waals surface area (Å²) in [5, 5.41) is 13.1. The largest absolute Gasteiger partial charge is 0.401 e. The molecular formula is C18H26N2O2. The van der Waals surface area contributed by atoms with Gasteiger partial charge in [-0.2, -0.15) is 0 Å². The summed E-state index contributed by atoms with van der Waals surface area (Å²) in [5.74, 6) is 0.0829. The lowest BCUT2D eigenvalue weighted by molar-refractivity contribution is -0.120. The first kappa shape index (κ1) is 18.0. The van der Waals surface area contributed by atoms with Crippen LogP contribution < -0.4 is 11.1 Å². The minimum Gasteiger partial charge on any atom is -0.401 e. The fourth-order valence-corrected chi connectivity index (χ4v) is 2.48. The summed E-state index contributed by atoms with van der Waals surface area (Å²) in [4.78, 5) is 11.4. The highest BCUT2D eigenvalue weighted by atomic mass is 16.3. The first-order valence-corrected chi connectivity index (χ1v) is 7.53. The summed E-state index contributed by atoms with van der Waals surface area (Å²) in [6.07, 6.45) is 10.9. The Balaban J connectivity index is 2.90. The average molecular weight is 302 g/mol. The molecule has 1 aliphatic rings. The quantitative estimate of drug-likeness (QED) is 0.476. The zero-order chi connectivity index (χ0) is 16.5. The van der Waals surface area contributed by atoms with Crippen molar-refractivity contribution in [2.75, 3.05) is 7.05 Å². The molecule has 0 bridgehead atoms. The number of allylic oxidation sites excluding steroid dienone is 4. The van der Waals surface area contributed by atoms with Crippen LogP contribution in [0.5, 0.6) is 0 Å². The van der Waals surface area contributed by atoms with Crippen LogP contribution in [0, 0.1) is 5.92 Å². The van der Waals surface area contributed by atoms with Crippen molar-refractivity contribution >= 4 is 5.91 Å². The summed E-state index contributed by atoms with van der Waals surface area (Å²) in [6, 6.07) is 0. The highest BCUT2D eigenvalue weighted by Crippen LogP contribution is 2.29. The average Bonchev–Trinajstić information content (AvgIpc) is 2.54. The minimum atomic E-state index is -0.795. The van der Waals surface area contributed by atoms with E-state index in [-0.39, 0.29) is 11.8 Å². The van der Waals surface area contributed by atoms with E-state index in [1.807, 2.05) is 18.2 Å². The van der Waals surface area contributed by atoms with Gasteiger partial charge in [-0.3, -0.25) is 4.79 Å². The molecule has 22 heavy (non-hydrogen) atoms. The number of amides is 1. The molecule has 1 rings (SSSR count). The second-order valence-corrected chi connectivity index (χ2v) is 5.29. The Morgan fingerprint density at radius 3 is 2.91 bits per heavy atom. The number of rotatable bonds is 8. The molecule has 0 heterocycles. The maximum Gasteiger partial charge on any atom is 0.219 e. The molecule has 1 aliphatic carbocycles. The number of hydrogen-bond donors (Lipinski definition) is 3. The van der Waals surface area contributed by atoms with Gasteiger partial charge in [0.2, 0.25) is 5.91 Å². The van der Waals surface area contributed by atoms with Crippen LogP contribution in [0.1, 0.15) is 25.7 Å². The maximum atomic E-state index is 11.4. The minimum absolute atomic E-state index is 0.00195. The number of nitrogens with one attached hydrogen (secondary N) is 1. The summed E-state index contributed by atoms with van der Waals surface area (Å²) < 4.78 is 0. The van der Waals surface area contributed by atoms with Gasteiger partial charge in [0.05, 0.1) is 0 Å². The fraction of sp³-hybridized carbons (Fsp3) is 0.389. The van der Waals surface area contributed by atoms with E-state index in [9.17, 15) is 9.90 Å². The van der Waals surface area contributed by atoms with Gasteiger partial charge < -0.3 is 16.2 Å². The van der Waals surface area contributed by atoms with Crippen molar-refractivity contribution in [3.63, 3.8) is 0 Å². The zero-order valence-corrected chi connectivity index (χ0v) is 13.2. The first-order valence-electron chi connectivity index (χ1n) is 7.53. The van der Waals surface area contributed by atoms with E-state index >= 15 is 0 Å². The van der Waals surface area contributed by atoms with E-state index < -0.39 is 6.10 Å². The molecular weight excluding hydrogens is 276 g/mol. The smallest absolute Gasteiger partial charge is 0.219 e. The molecule has 0 aromatic rings. The second-order valence-electron chi connectivity index (χ2n) is 5.29. The van der Waals surface area contributed by atoms with Crippen LogP contribution in [0.25, 0.3) is 0 Å². The number of aliphatic hydroxyl groups excluding tert-OH is 1. The van der Waals surface area contributed by atoms with Crippen molar-refractivity contribution in [1.29, 1.82) is 0 Å². The summed E-state index contributed by atoms with van der Waals surface area (Å²) in [5.41, 5.74) is 8.30. The lowest BCUT2D eigenvalue weighted by Crippen LogP contribution is -2.25. The fourth-order valence-electron chi connectivity index (χ4n) is 2.48. The zero-order valence-electron chi connectivity index (χ0n) is 13.2. The molecule has 2 atom stereocenters. The molecule has 0 fully saturated rings. The van der Waals surface area contributed by atoms with Gasteiger partial charge in [-0.1, -0.05) is 37.0 Å². The van der Waals surface area contributed by atoms with Crippen LogP contribution in [-0.2, 0) is 4.79 Å². The molecule has 2 unspecified atom stereocenters. The lowest BCUT2D eigenvalue weighted by atomic mass is 9.85. The van der Waals surface area contributed by atoms with E-state index in [1.54, 1.807) is 19.2 Å². The molecule has 0 aromatic heterocycles. The molecule has 4 N–H and O–H groups in total. The number of hydrogen-bond acceptors (Lipinski definition) is 3. The van der Waals surface area contributed by atoms with Crippen LogP contribution in [0.2, 0.25) is 0 Å². The predicted molar refractivity (Wildman–Crippen MR) is 90.9 cm³/mol. The number of aliphatic hydroxyl groups is 1. The van der Waals surface area contributed by atoms with Gasteiger partial charge in [-0.05, 0) is 24.8 Å². The van der Waals surface area contributed by atoms with Crippen LogP contribution in [0.3, 0.4) is 0 Å². The van der Waals surface area contributed by atoms with Crippen molar-refractivity contribution in [2.45, 2.75) is 31.8 Å². The van der Waals surface area contributed by atoms with Crippen LogP contribution in [-0.4, -0.2) is 24.2 Å². The van der Waals surface area contributed by atoms with Crippen LogP contribution in [0.4, 0.5) is 0 Å². The Kier molecular flexibility index (Phi) is 7.40. The molecule has 4 heteroatoms. The molecule has 1 amide bonds. The molecule has 0 aromatic carbocycles. The molecule has 0 saturated carbocycles. The highest BCUT2D eigenvalue weighted by Gasteiger charge is 2.23. The van der Waals surface area contributed by atoms with E-state index in [1.165, 1.54) is 0 Å². The topological polar surface area (TPSA) is 75.3 Å². The maximum absolute atomic E-state index is 11.4. The Labute approximate surface area is 132 Å². The van der Waals surface area contributed by atoms with Gasteiger partial charge in [0.15, 0.2) is 0 Å². The first-order chi connectivity index (χ1) is 10.5. The lowest BCUT2D eigenvalue weighted by Gasteiger charge is -2.25. The summed E-state index contributed by atoms with van der Waals surface area (Å²) >= 11 is 0. The number of carbonyl (C=O) groups is 1. The van der Waals surface area contributed by atoms with Gasteiger partial charge in [0, 0.05) is 30.7 Å². The SMILES string of the molecule is C=CC/C=C(\C=C)C(O)C1=C(N)C(CCC(=O)NC)CC=C1. The molecule has 0 aliphatic heterocycles. The molecule has 120 valence electrons. The molecule has 0 saturated heterocycles. The molecule has 0 radical (unpaired) electrons. The highest BCUT2D eigenvalue weighted by molar-refractivity contribution is 5.75. The standard InChI is InChI=1S/C18H26N2O2/c1-4-6-8-13(5-2)18(22)15-10-7-9-14(17(15)19)11-12-16(21)20-3/h4-5,7-8,10,14,18,22H,1-2,6,9,11-12,19H2,3H3,(H,20,21)/b13-8+. The van der Waals surface area contributed by atoms with Gasteiger partial charge in [0.1, 0.15) is 6.10 Å². The predicted octanol–water partition coefficient (Wildman–Crippen LogP) is 2.35. The molecule has 0 spiro atoms. The third-order valence-electron chi connectivity index (χ3n) is 3.86. The molecule has 4 nitrogen and oxygen atoms in total. The van der Waals surface area contributed by atoms with Gasteiger partial charge in [-0.15, -0.1) is 6.58 Å². The monoisotopic (exact) mass is 302 g/mol. The number of carbonyl (C=O) groups excluding carboxylic acids is 1. The Morgan fingerprint density at radius 1 is 1.59 bits per heavy atom. The summed E-state index contributed by atoms with van der Waals surface area (Å²) in [7, 11) is 1.62. The van der Waals surface area contributed by atoms with Gasteiger partial charge in [0.25, 0.3) is 0 Å². The third kappa shape index (κ3) is 4.74. The van der Waals surface area contributed by atoms with Crippen LogP contribution >= 0.6 is 0 Å². The van der Waals surface area contributed by atoms with E-state index in [4.69, 9.17) is 5.73 Å². The second kappa shape index (κ2) is 9.05. The third-order valence-corrected chi connectivity index (χ3v) is 3.86. The number of nitrogens with two attached hydrogens (primary N) is 1. The van der Waals surface area contributed by atoms with Crippen molar-refractivity contribution < 1.29 is 9.90 Å². The van der Waals surface area contributed by atoms with E-state index in [0.717, 1.165) is 12.0 Å². The van der Waals surface area contributed by atoms with E-state index in [0.29, 0.717) is 30.5 Å². The van der Waals surface area contributed by atoms with Gasteiger partial charge >= 0.3 is 0 Å². The normalized spacial score (nSPS) is 19.7. The Morgan fingerprint density at radius 2 is 2.32 bits per heavy atom. The van der Waals surface area contributed by atoms with Crippen LogP contribution in [0.15, 0.2) is 60.4 Å². The Hall–Kier alpha value is -2.07. The van der Waals surface area contributed by atoms with Crippen molar-refractivity contribution in [1.82, 2.24) is 5.32 Å². The Bertz CT molecular complexity index is 515. The van der Waals surface area contributed by atoms with Gasteiger partial charge in [-0.25, -0.2) is 0 Å². The van der Waals surface area contributed by atoms with E-state index in [2.05, 4.69) is 18.5 Å². The summed E-state index contributed by atoms with van der Waals surface area (Å²) in [6.45, 7) is 7.41.